The van der Waals surface area contributed by atoms with Crippen LogP contribution in [0.3, 0.4) is 0 Å². The van der Waals surface area contributed by atoms with Gasteiger partial charge in [0.15, 0.2) is 5.78 Å². The Morgan fingerprint density at radius 2 is 1.75 bits per heavy atom. The Morgan fingerprint density at radius 1 is 1.00 bits per heavy atom. The molecular weight excluding hydrogens is 566 g/mol. The average molecular weight is 608 g/mol. The van der Waals surface area contributed by atoms with Gasteiger partial charge in [-0.1, -0.05) is 12.1 Å². The van der Waals surface area contributed by atoms with Crippen LogP contribution in [-0.4, -0.2) is 96.7 Å². The number of nitrogens with zero attached hydrogens (tertiary/aromatic N) is 5. The molecular formula is C31H41N7O6. The molecule has 4 heterocycles. The molecule has 44 heavy (non-hydrogen) atoms. The number of amides is 4. The average Bonchev–Trinajstić information content (AvgIpc) is 3.56. The van der Waals surface area contributed by atoms with E-state index in [-0.39, 0.29) is 29.6 Å². The van der Waals surface area contributed by atoms with Crippen molar-refractivity contribution in [2.45, 2.75) is 58.1 Å². The monoisotopic (exact) mass is 607 g/mol. The van der Waals surface area contributed by atoms with Gasteiger partial charge >= 0.3 is 12.1 Å². The molecule has 6 rings (SSSR count). The van der Waals surface area contributed by atoms with Gasteiger partial charge in [0, 0.05) is 45.2 Å². The van der Waals surface area contributed by atoms with Gasteiger partial charge in [0.25, 0.3) is 0 Å². The Balaban J connectivity index is 1.08. The van der Waals surface area contributed by atoms with E-state index in [1.54, 1.807) is 16.0 Å². The van der Waals surface area contributed by atoms with Crippen LogP contribution >= 0.6 is 0 Å². The first-order valence-corrected chi connectivity index (χ1v) is 15.6. The number of carbonyl (C=O) groups is 4. The molecule has 4 amide bonds. The molecule has 2 unspecified atom stereocenters. The number of ketones is 1. The summed E-state index contributed by atoms with van der Waals surface area (Å²) in [5.41, 5.74) is 5.16. The van der Waals surface area contributed by atoms with Crippen molar-refractivity contribution in [3.8, 4) is 0 Å². The summed E-state index contributed by atoms with van der Waals surface area (Å²) in [6.45, 7) is 9.85. The summed E-state index contributed by atoms with van der Waals surface area (Å²) >= 11 is 0. The molecule has 0 bridgehead atoms. The molecule has 3 fully saturated rings. The number of morpholine rings is 1. The fraction of sp³-hybridized carbons (Fsp3) is 0.613. The van der Waals surface area contributed by atoms with E-state index in [0.717, 1.165) is 18.4 Å². The van der Waals surface area contributed by atoms with Crippen LogP contribution in [0.1, 0.15) is 68.4 Å². The lowest BCUT2D eigenvalue weighted by atomic mass is 9.88. The molecule has 0 saturated carbocycles. The molecule has 0 aromatic heterocycles. The highest BCUT2D eigenvalue weighted by atomic mass is 16.6. The number of benzene rings is 1. The zero-order chi connectivity index (χ0) is 31.0. The van der Waals surface area contributed by atoms with Gasteiger partial charge in [0.05, 0.1) is 41.7 Å². The SMILES string of the molecule is CC(C)(C)OC(=O)N1CCCC(C(=O)N2CCC(C3=C4C(=O)c5c(NC(=O)NN6CCOCC6)cccc5C4N=N3)CC2)C1. The van der Waals surface area contributed by atoms with Crippen LogP contribution < -0.4 is 10.7 Å². The number of azo groups is 1. The molecule has 2 N–H and O–H groups in total. The summed E-state index contributed by atoms with van der Waals surface area (Å²) in [6.07, 6.45) is 2.49. The zero-order valence-corrected chi connectivity index (χ0v) is 25.6. The van der Waals surface area contributed by atoms with Gasteiger partial charge in [-0.3, -0.25) is 15.0 Å². The van der Waals surface area contributed by atoms with Gasteiger partial charge in [-0.05, 0) is 58.1 Å². The fourth-order valence-corrected chi connectivity index (χ4v) is 6.69. The van der Waals surface area contributed by atoms with Crippen molar-refractivity contribution in [1.29, 1.82) is 0 Å². The lowest BCUT2D eigenvalue weighted by Gasteiger charge is -2.38. The number of carbonyl (C=O) groups excluding carboxylic acids is 4. The number of urea groups is 1. The first-order chi connectivity index (χ1) is 21.1. The van der Waals surface area contributed by atoms with Crippen molar-refractivity contribution in [1.82, 2.24) is 20.2 Å². The summed E-state index contributed by atoms with van der Waals surface area (Å²) in [4.78, 5) is 56.1. The minimum Gasteiger partial charge on any atom is -0.444 e. The molecule has 4 aliphatic heterocycles. The minimum absolute atomic E-state index is 0.00621. The number of nitrogens with one attached hydrogen (secondary N) is 2. The number of hydrogen-bond acceptors (Lipinski definition) is 9. The molecule has 13 heteroatoms. The van der Waals surface area contributed by atoms with Crippen molar-refractivity contribution in [2.24, 2.45) is 22.1 Å². The molecule has 2 atom stereocenters. The summed E-state index contributed by atoms with van der Waals surface area (Å²) in [5.74, 6) is -0.333. The van der Waals surface area contributed by atoms with Crippen LogP contribution in [0, 0.1) is 11.8 Å². The summed E-state index contributed by atoms with van der Waals surface area (Å²) in [5, 5.41) is 13.6. The Labute approximate surface area is 257 Å². The lowest BCUT2D eigenvalue weighted by molar-refractivity contribution is -0.138. The van der Waals surface area contributed by atoms with Gasteiger partial charge in [0.2, 0.25) is 5.91 Å². The highest BCUT2D eigenvalue weighted by molar-refractivity contribution is 6.19. The smallest absolute Gasteiger partial charge is 0.410 e. The van der Waals surface area contributed by atoms with E-state index in [0.29, 0.717) is 87.8 Å². The Kier molecular flexibility index (Phi) is 8.42. The van der Waals surface area contributed by atoms with E-state index < -0.39 is 17.7 Å². The Morgan fingerprint density at radius 3 is 2.48 bits per heavy atom. The van der Waals surface area contributed by atoms with Crippen LogP contribution in [0.25, 0.3) is 0 Å². The Hall–Kier alpha value is -3.84. The highest BCUT2D eigenvalue weighted by Gasteiger charge is 2.44. The molecule has 1 aromatic rings. The number of hydrazine groups is 1. The van der Waals surface area contributed by atoms with Gasteiger partial charge in [-0.25, -0.2) is 14.6 Å². The second kappa shape index (κ2) is 12.3. The molecule has 1 aromatic carbocycles. The summed E-state index contributed by atoms with van der Waals surface area (Å²) in [6, 6.07) is 4.52. The minimum atomic E-state index is -0.583. The predicted octanol–water partition coefficient (Wildman–Crippen LogP) is 3.90. The van der Waals surface area contributed by atoms with Crippen molar-refractivity contribution in [2.75, 3.05) is 57.8 Å². The number of piperidine rings is 2. The first kappa shape index (κ1) is 30.2. The van der Waals surface area contributed by atoms with Gasteiger partial charge in [0.1, 0.15) is 11.6 Å². The van der Waals surface area contributed by atoms with E-state index in [1.165, 1.54) is 0 Å². The summed E-state index contributed by atoms with van der Waals surface area (Å²) in [7, 11) is 0. The second-order valence-corrected chi connectivity index (χ2v) is 13.0. The van der Waals surface area contributed by atoms with Gasteiger partial charge in [-0.15, -0.1) is 0 Å². The van der Waals surface area contributed by atoms with Crippen LogP contribution in [0.5, 0.6) is 0 Å². The van der Waals surface area contributed by atoms with Crippen molar-refractivity contribution >= 4 is 29.5 Å². The number of anilines is 1. The van der Waals surface area contributed by atoms with Crippen molar-refractivity contribution in [3.63, 3.8) is 0 Å². The molecule has 5 aliphatic rings. The number of hydrogen-bond donors (Lipinski definition) is 2. The standard InChI is InChI=1S/C31H41N7O6/c1-31(2,3)44-30(42)37-11-5-6-20(18-37)28(40)36-12-9-19(10-13-36)25-24-26(34-33-25)21-7-4-8-22(23(21)27(24)39)32-29(41)35-38-14-16-43-17-15-38/h4,7-8,19-20,26H,5-6,9-18H2,1-3H3,(H2,32,35,41). The second-order valence-electron chi connectivity index (χ2n) is 13.0. The third-order valence-electron chi connectivity index (χ3n) is 8.83. The topological polar surface area (TPSA) is 145 Å². The van der Waals surface area contributed by atoms with E-state index in [9.17, 15) is 19.2 Å². The number of likely N-dealkylation sites (tertiary alicyclic amines) is 2. The zero-order valence-electron chi connectivity index (χ0n) is 25.6. The Bertz CT molecular complexity index is 1390. The fourth-order valence-electron chi connectivity index (χ4n) is 6.69. The highest BCUT2D eigenvalue weighted by Crippen LogP contribution is 2.49. The third kappa shape index (κ3) is 6.20. The van der Waals surface area contributed by atoms with Gasteiger partial charge in [-0.2, -0.15) is 10.2 Å². The van der Waals surface area contributed by atoms with E-state index >= 15 is 0 Å². The first-order valence-electron chi connectivity index (χ1n) is 15.6. The molecule has 13 nitrogen and oxygen atoms in total. The predicted molar refractivity (Wildman–Crippen MR) is 160 cm³/mol. The van der Waals surface area contributed by atoms with Crippen LogP contribution in [0.4, 0.5) is 15.3 Å². The molecule has 1 aliphatic carbocycles. The molecule has 0 spiro atoms. The van der Waals surface area contributed by atoms with Crippen molar-refractivity contribution < 1.29 is 28.7 Å². The maximum Gasteiger partial charge on any atom is 0.410 e. The van der Waals surface area contributed by atoms with Gasteiger partial charge < -0.3 is 24.6 Å². The van der Waals surface area contributed by atoms with Crippen LogP contribution in [-0.2, 0) is 14.3 Å². The number of fused-ring (bicyclic) bond motifs is 3. The number of rotatable bonds is 4. The van der Waals surface area contributed by atoms with E-state index in [1.807, 2.05) is 37.8 Å². The summed E-state index contributed by atoms with van der Waals surface area (Å²) < 4.78 is 10.9. The molecule has 236 valence electrons. The van der Waals surface area contributed by atoms with E-state index in [2.05, 4.69) is 21.0 Å². The van der Waals surface area contributed by atoms with Crippen molar-refractivity contribution in [3.05, 3.63) is 40.6 Å². The maximum atomic E-state index is 13.8. The van der Waals surface area contributed by atoms with E-state index in [4.69, 9.17) is 9.47 Å². The lowest BCUT2D eigenvalue weighted by Crippen LogP contribution is -2.49. The number of allylic oxidation sites excluding steroid dienone is 1. The quantitative estimate of drug-likeness (QED) is 0.528. The normalized spacial score (nSPS) is 24.3. The van der Waals surface area contributed by atoms with Crippen LogP contribution in [0.15, 0.2) is 39.7 Å². The largest absolute Gasteiger partial charge is 0.444 e. The number of Topliss-reactive ketones (excluding diaryl/α,β-unsaturated/α-hetero) is 1. The third-order valence-corrected chi connectivity index (χ3v) is 8.83. The molecule has 3 saturated heterocycles. The number of ether oxygens (including phenoxy) is 2. The van der Waals surface area contributed by atoms with Crippen LogP contribution in [0.2, 0.25) is 0 Å². The molecule has 0 radical (unpaired) electrons. The maximum absolute atomic E-state index is 13.8.